The third-order valence-electron chi connectivity index (χ3n) is 2.09. The Kier molecular flexibility index (Phi) is 3.97. The van der Waals surface area contributed by atoms with Crippen molar-refractivity contribution in [2.45, 2.75) is 6.92 Å². The van der Waals surface area contributed by atoms with Gasteiger partial charge in [-0.05, 0) is 6.92 Å². The minimum Gasteiger partial charge on any atom is -0.480 e. The Hall–Kier alpha value is -2.18. The average Bonchev–Trinajstić information content (AvgIpc) is 2.27. The van der Waals surface area contributed by atoms with Gasteiger partial charge in [-0.15, -0.1) is 0 Å². The smallest absolute Gasteiger partial charge is 0.341 e. The summed E-state index contributed by atoms with van der Waals surface area (Å²) in [6, 6.07) is 0. The van der Waals surface area contributed by atoms with Crippen LogP contribution in [0.5, 0.6) is 0 Å². The molecule has 1 rings (SSSR count). The number of aryl methyl sites for hydroxylation is 1. The fourth-order valence-corrected chi connectivity index (χ4v) is 1.22. The van der Waals surface area contributed by atoms with Gasteiger partial charge in [0.05, 0.1) is 18.4 Å². The molecule has 0 aliphatic heterocycles. The van der Waals surface area contributed by atoms with E-state index in [0.29, 0.717) is 5.69 Å². The van der Waals surface area contributed by atoms with Crippen LogP contribution in [-0.2, 0) is 9.53 Å². The van der Waals surface area contributed by atoms with E-state index in [1.165, 1.54) is 18.2 Å². The average molecular weight is 239 g/mol. The third kappa shape index (κ3) is 3.13. The summed E-state index contributed by atoms with van der Waals surface area (Å²) in [5.74, 6) is -1.25. The van der Waals surface area contributed by atoms with Crippen molar-refractivity contribution in [1.29, 1.82) is 0 Å². The molecule has 0 fully saturated rings. The number of rotatable bonds is 4. The molecule has 0 spiro atoms. The summed E-state index contributed by atoms with van der Waals surface area (Å²) < 4.78 is 4.56. The van der Waals surface area contributed by atoms with E-state index in [9.17, 15) is 9.59 Å². The van der Waals surface area contributed by atoms with E-state index in [1.807, 2.05) is 0 Å². The van der Waals surface area contributed by atoms with Crippen molar-refractivity contribution in [1.82, 2.24) is 9.97 Å². The molecule has 7 nitrogen and oxygen atoms in total. The number of likely N-dealkylation sites (N-methyl/N-ethyl adjacent to an activating group) is 1. The number of methoxy groups -OCH3 is 1. The monoisotopic (exact) mass is 239 g/mol. The second-order valence-corrected chi connectivity index (χ2v) is 3.41. The number of esters is 1. The molecule has 1 N–H and O–H groups in total. The van der Waals surface area contributed by atoms with E-state index in [1.54, 1.807) is 14.0 Å². The first-order chi connectivity index (χ1) is 7.95. The van der Waals surface area contributed by atoms with Gasteiger partial charge in [-0.2, -0.15) is 0 Å². The zero-order valence-electron chi connectivity index (χ0n) is 9.80. The first-order valence-electron chi connectivity index (χ1n) is 4.80. The number of hydrogen-bond acceptors (Lipinski definition) is 6. The van der Waals surface area contributed by atoms with Crippen LogP contribution in [-0.4, -0.2) is 47.7 Å². The van der Waals surface area contributed by atoms with Crippen molar-refractivity contribution >= 4 is 17.9 Å². The van der Waals surface area contributed by atoms with Gasteiger partial charge < -0.3 is 14.7 Å². The standard InChI is InChI=1S/C10H13N3O4/c1-6-7(9(16)17-3)4-11-10(12-6)13(2)5-8(14)15/h4H,5H2,1-3H3,(H,14,15). The molecule has 1 aromatic heterocycles. The maximum atomic E-state index is 11.3. The summed E-state index contributed by atoms with van der Waals surface area (Å²) in [5.41, 5.74) is 0.707. The molecular formula is C10H13N3O4. The van der Waals surface area contributed by atoms with Crippen LogP contribution in [0.25, 0.3) is 0 Å². The van der Waals surface area contributed by atoms with Crippen LogP contribution in [0.2, 0.25) is 0 Å². The van der Waals surface area contributed by atoms with Crippen molar-refractivity contribution < 1.29 is 19.4 Å². The van der Waals surface area contributed by atoms with Gasteiger partial charge in [0.15, 0.2) is 0 Å². The molecule has 7 heteroatoms. The highest BCUT2D eigenvalue weighted by Gasteiger charge is 2.14. The van der Waals surface area contributed by atoms with E-state index < -0.39 is 11.9 Å². The number of ether oxygens (including phenoxy) is 1. The molecule has 92 valence electrons. The lowest BCUT2D eigenvalue weighted by molar-refractivity contribution is -0.135. The first kappa shape index (κ1) is 12.9. The molecule has 17 heavy (non-hydrogen) atoms. The summed E-state index contributed by atoms with van der Waals surface area (Å²) in [6.45, 7) is 1.42. The number of aromatic nitrogens is 2. The van der Waals surface area contributed by atoms with E-state index in [4.69, 9.17) is 5.11 Å². The van der Waals surface area contributed by atoms with Crippen LogP contribution < -0.4 is 4.90 Å². The van der Waals surface area contributed by atoms with Gasteiger partial charge in [-0.1, -0.05) is 0 Å². The Morgan fingerprint density at radius 3 is 2.65 bits per heavy atom. The lowest BCUT2D eigenvalue weighted by Gasteiger charge is -2.15. The summed E-state index contributed by atoms with van der Waals surface area (Å²) in [6.07, 6.45) is 1.32. The highest BCUT2D eigenvalue weighted by Crippen LogP contribution is 2.10. The number of carboxylic acid groups (broad SMARTS) is 1. The van der Waals surface area contributed by atoms with Crippen LogP contribution in [0.1, 0.15) is 16.1 Å². The summed E-state index contributed by atoms with van der Waals surface area (Å²) in [5, 5.41) is 8.62. The van der Waals surface area contributed by atoms with E-state index >= 15 is 0 Å². The van der Waals surface area contributed by atoms with Gasteiger partial charge in [0.25, 0.3) is 0 Å². The first-order valence-corrected chi connectivity index (χ1v) is 4.80. The second kappa shape index (κ2) is 5.24. The molecule has 0 bridgehead atoms. The molecule has 0 saturated heterocycles. The highest BCUT2D eigenvalue weighted by atomic mass is 16.5. The summed E-state index contributed by atoms with van der Waals surface area (Å²) in [4.78, 5) is 31.1. The minimum atomic E-state index is -0.981. The molecule has 0 aliphatic rings. The molecule has 1 heterocycles. The molecule has 0 unspecified atom stereocenters. The van der Waals surface area contributed by atoms with Crippen molar-refractivity contribution in [3.63, 3.8) is 0 Å². The normalized spacial score (nSPS) is 9.82. The Morgan fingerprint density at radius 1 is 1.53 bits per heavy atom. The Bertz CT molecular complexity index is 447. The number of anilines is 1. The molecule has 0 radical (unpaired) electrons. The minimum absolute atomic E-state index is 0.211. The number of hydrogen-bond donors (Lipinski definition) is 1. The lowest BCUT2D eigenvalue weighted by atomic mass is 10.2. The van der Waals surface area contributed by atoms with Gasteiger partial charge in [-0.25, -0.2) is 14.8 Å². The predicted molar refractivity (Wildman–Crippen MR) is 59.0 cm³/mol. The number of nitrogens with zero attached hydrogens (tertiary/aromatic N) is 3. The Morgan fingerprint density at radius 2 is 2.18 bits per heavy atom. The van der Waals surface area contributed by atoms with Crippen LogP contribution in [0.15, 0.2) is 6.20 Å². The molecule has 0 aromatic carbocycles. The maximum absolute atomic E-state index is 11.3. The van der Waals surface area contributed by atoms with Gasteiger partial charge >= 0.3 is 11.9 Å². The van der Waals surface area contributed by atoms with Gasteiger partial charge in [-0.3, -0.25) is 4.79 Å². The molecule has 1 aromatic rings. The van der Waals surface area contributed by atoms with E-state index in [0.717, 1.165) is 0 Å². The number of carbonyl (C=O) groups excluding carboxylic acids is 1. The van der Waals surface area contributed by atoms with Crippen molar-refractivity contribution in [3.05, 3.63) is 17.5 Å². The Labute approximate surface area is 98.1 Å². The number of aliphatic carboxylic acids is 1. The lowest BCUT2D eigenvalue weighted by Crippen LogP contribution is -2.27. The van der Waals surface area contributed by atoms with Gasteiger partial charge in [0.2, 0.25) is 5.95 Å². The van der Waals surface area contributed by atoms with Crippen molar-refractivity contribution in [2.75, 3.05) is 25.6 Å². The van der Waals surface area contributed by atoms with E-state index in [2.05, 4.69) is 14.7 Å². The van der Waals surface area contributed by atoms with Crippen molar-refractivity contribution in [2.24, 2.45) is 0 Å². The van der Waals surface area contributed by atoms with Gasteiger partial charge in [0.1, 0.15) is 6.54 Å². The van der Waals surface area contributed by atoms with Gasteiger partial charge in [0, 0.05) is 13.2 Å². The maximum Gasteiger partial charge on any atom is 0.341 e. The van der Waals surface area contributed by atoms with Crippen LogP contribution >= 0.6 is 0 Å². The molecule has 0 atom stereocenters. The molecular weight excluding hydrogens is 226 g/mol. The topological polar surface area (TPSA) is 92.6 Å². The molecule has 0 amide bonds. The van der Waals surface area contributed by atoms with Crippen LogP contribution in [0.3, 0.4) is 0 Å². The number of carbonyl (C=O) groups is 2. The number of carboxylic acids is 1. The van der Waals surface area contributed by atoms with Crippen LogP contribution in [0.4, 0.5) is 5.95 Å². The largest absolute Gasteiger partial charge is 0.480 e. The molecule has 0 saturated carbocycles. The van der Waals surface area contributed by atoms with Crippen molar-refractivity contribution in [3.8, 4) is 0 Å². The zero-order valence-corrected chi connectivity index (χ0v) is 9.80. The fourth-order valence-electron chi connectivity index (χ4n) is 1.22. The summed E-state index contributed by atoms with van der Waals surface area (Å²) in [7, 11) is 2.83. The highest BCUT2D eigenvalue weighted by molar-refractivity contribution is 5.90. The fraction of sp³-hybridized carbons (Fsp3) is 0.400. The van der Waals surface area contributed by atoms with E-state index in [-0.39, 0.29) is 18.1 Å². The SMILES string of the molecule is COC(=O)c1cnc(N(C)CC(=O)O)nc1C. The van der Waals surface area contributed by atoms with Crippen LogP contribution in [0, 0.1) is 6.92 Å². The Balaban J connectivity index is 2.96. The third-order valence-corrected chi connectivity index (χ3v) is 2.09. The summed E-state index contributed by atoms with van der Waals surface area (Å²) >= 11 is 0. The quantitative estimate of drug-likeness (QED) is 0.744. The zero-order chi connectivity index (χ0) is 13.0. The predicted octanol–water partition coefficient (Wildman–Crippen LogP) is 0.0924. The second-order valence-electron chi connectivity index (χ2n) is 3.41. The molecule has 0 aliphatic carbocycles.